The SMILES string of the molecule is C1CCNCC1.CCCC1Oc2ccccc2C(=O)C1(CCC#N)CCC#N. The van der Waals surface area contributed by atoms with Gasteiger partial charge in [-0.05, 0) is 57.3 Å². The Balaban J connectivity index is 0.000000397. The van der Waals surface area contributed by atoms with Crippen LogP contribution in [0.5, 0.6) is 5.75 Å². The van der Waals surface area contributed by atoms with E-state index in [2.05, 4.69) is 17.5 Å². The number of hydrogen-bond acceptors (Lipinski definition) is 5. The maximum absolute atomic E-state index is 13.1. The first-order valence-corrected chi connectivity index (χ1v) is 10.4. The molecule has 2 aliphatic heterocycles. The number of ketones is 1. The van der Waals surface area contributed by atoms with E-state index in [0.717, 1.165) is 12.8 Å². The summed E-state index contributed by atoms with van der Waals surface area (Å²) in [6.45, 7) is 4.55. The summed E-state index contributed by atoms with van der Waals surface area (Å²) < 4.78 is 6.11. The van der Waals surface area contributed by atoms with Gasteiger partial charge in [0.25, 0.3) is 0 Å². The molecule has 5 heteroatoms. The van der Waals surface area contributed by atoms with Crippen molar-refractivity contribution in [2.75, 3.05) is 13.1 Å². The number of ether oxygens (including phenoxy) is 1. The molecular formula is C23H31N3O2. The number of carbonyl (C=O) groups excluding carboxylic acids is 1. The van der Waals surface area contributed by atoms with E-state index in [9.17, 15) is 4.79 Å². The highest BCUT2D eigenvalue weighted by Crippen LogP contribution is 2.46. The molecule has 2 aliphatic rings. The predicted molar refractivity (Wildman–Crippen MR) is 109 cm³/mol. The molecule has 0 aromatic heterocycles. The summed E-state index contributed by atoms with van der Waals surface area (Å²) in [6, 6.07) is 11.5. The highest BCUT2D eigenvalue weighted by molar-refractivity contribution is 6.04. The fraction of sp³-hybridized carbons (Fsp3) is 0.609. The van der Waals surface area contributed by atoms with Crippen molar-refractivity contribution >= 4 is 5.78 Å². The third-order valence-electron chi connectivity index (χ3n) is 5.59. The maximum atomic E-state index is 13.1. The Bertz CT molecular complexity index is 684. The molecule has 3 rings (SSSR count). The standard InChI is InChI=1S/C18H20N2O2.C5H11N/c1-2-7-16-18(10-5-12-19,11-6-13-20)17(21)14-8-3-4-9-15(14)22-16;1-2-4-6-5-3-1/h3-4,8-9,16H,2,5-7,10-11H2,1H3;6H,1-5H2. The monoisotopic (exact) mass is 381 g/mol. The summed E-state index contributed by atoms with van der Waals surface area (Å²) in [5, 5.41) is 21.2. The Labute approximate surface area is 168 Å². The molecule has 1 atom stereocenters. The summed E-state index contributed by atoms with van der Waals surface area (Å²) in [7, 11) is 0. The van der Waals surface area contributed by atoms with E-state index in [1.54, 1.807) is 6.07 Å². The quantitative estimate of drug-likeness (QED) is 0.766. The molecule has 1 fully saturated rings. The van der Waals surface area contributed by atoms with Gasteiger partial charge in [-0.2, -0.15) is 10.5 Å². The molecular weight excluding hydrogens is 350 g/mol. The second kappa shape index (κ2) is 11.5. The van der Waals surface area contributed by atoms with E-state index in [1.165, 1.54) is 32.4 Å². The van der Waals surface area contributed by atoms with Crippen LogP contribution in [0.2, 0.25) is 0 Å². The Morgan fingerprint density at radius 1 is 1.11 bits per heavy atom. The minimum Gasteiger partial charge on any atom is -0.489 e. The maximum Gasteiger partial charge on any atom is 0.176 e. The average molecular weight is 382 g/mol. The van der Waals surface area contributed by atoms with Crippen molar-refractivity contribution in [3.63, 3.8) is 0 Å². The van der Waals surface area contributed by atoms with Gasteiger partial charge in [0.2, 0.25) is 0 Å². The normalized spacial score (nSPS) is 19.8. The molecule has 1 aromatic carbocycles. The molecule has 1 unspecified atom stereocenters. The second-order valence-electron chi connectivity index (χ2n) is 7.50. The zero-order valence-electron chi connectivity index (χ0n) is 16.9. The molecule has 1 N–H and O–H groups in total. The Kier molecular flexibility index (Phi) is 8.98. The number of rotatable bonds is 6. The number of nitriles is 2. The number of piperidine rings is 1. The van der Waals surface area contributed by atoms with Crippen LogP contribution in [-0.4, -0.2) is 25.0 Å². The fourth-order valence-corrected chi connectivity index (χ4v) is 4.07. The number of para-hydroxylation sites is 1. The number of benzene rings is 1. The van der Waals surface area contributed by atoms with Crippen molar-refractivity contribution in [3.05, 3.63) is 29.8 Å². The highest BCUT2D eigenvalue weighted by Gasteiger charge is 2.49. The average Bonchev–Trinajstić information content (AvgIpc) is 2.75. The second-order valence-corrected chi connectivity index (χ2v) is 7.50. The summed E-state index contributed by atoms with van der Waals surface area (Å²) >= 11 is 0. The minimum atomic E-state index is -0.754. The number of nitrogens with zero attached hydrogens (tertiary/aromatic N) is 2. The fourth-order valence-electron chi connectivity index (χ4n) is 4.07. The van der Waals surface area contributed by atoms with Gasteiger partial charge in [-0.3, -0.25) is 4.79 Å². The van der Waals surface area contributed by atoms with E-state index < -0.39 is 5.41 Å². The van der Waals surface area contributed by atoms with Gasteiger partial charge >= 0.3 is 0 Å². The van der Waals surface area contributed by atoms with E-state index in [-0.39, 0.29) is 11.9 Å². The van der Waals surface area contributed by atoms with Crippen molar-refractivity contribution in [2.45, 2.75) is 70.8 Å². The lowest BCUT2D eigenvalue weighted by Crippen LogP contribution is -2.49. The van der Waals surface area contributed by atoms with Gasteiger partial charge in [-0.1, -0.05) is 31.9 Å². The van der Waals surface area contributed by atoms with Crippen molar-refractivity contribution in [1.29, 1.82) is 10.5 Å². The molecule has 0 saturated carbocycles. The van der Waals surface area contributed by atoms with Crippen molar-refractivity contribution < 1.29 is 9.53 Å². The van der Waals surface area contributed by atoms with Crippen molar-refractivity contribution in [2.24, 2.45) is 5.41 Å². The largest absolute Gasteiger partial charge is 0.489 e. The minimum absolute atomic E-state index is 0.0262. The smallest absolute Gasteiger partial charge is 0.176 e. The van der Waals surface area contributed by atoms with Crippen molar-refractivity contribution in [1.82, 2.24) is 5.32 Å². The van der Waals surface area contributed by atoms with E-state index in [1.807, 2.05) is 25.1 Å². The number of nitrogens with one attached hydrogen (secondary N) is 1. The van der Waals surface area contributed by atoms with E-state index in [4.69, 9.17) is 15.3 Å². The summed E-state index contributed by atoms with van der Waals surface area (Å²) in [6.07, 6.45) is 7.07. The lowest BCUT2D eigenvalue weighted by molar-refractivity contribution is 0.0142. The van der Waals surface area contributed by atoms with E-state index >= 15 is 0 Å². The molecule has 5 nitrogen and oxygen atoms in total. The van der Waals surface area contributed by atoms with Gasteiger partial charge in [0, 0.05) is 12.8 Å². The van der Waals surface area contributed by atoms with Crippen LogP contribution in [0.4, 0.5) is 0 Å². The third kappa shape index (κ3) is 5.33. The lowest BCUT2D eigenvalue weighted by Gasteiger charge is -2.43. The molecule has 28 heavy (non-hydrogen) atoms. The third-order valence-corrected chi connectivity index (χ3v) is 5.59. The summed E-state index contributed by atoms with van der Waals surface area (Å²) in [5.41, 5.74) is -0.179. The first-order valence-electron chi connectivity index (χ1n) is 10.4. The molecule has 0 aliphatic carbocycles. The Hall–Kier alpha value is -2.37. The number of carbonyl (C=O) groups is 1. The number of fused-ring (bicyclic) bond motifs is 1. The van der Waals surface area contributed by atoms with Crippen molar-refractivity contribution in [3.8, 4) is 17.9 Å². The van der Waals surface area contributed by atoms with Crippen LogP contribution >= 0.6 is 0 Å². The lowest BCUT2D eigenvalue weighted by atomic mass is 9.66. The molecule has 0 spiro atoms. The van der Waals surface area contributed by atoms with Gasteiger partial charge in [-0.25, -0.2) is 0 Å². The van der Waals surface area contributed by atoms with Crippen LogP contribution in [0.3, 0.4) is 0 Å². The van der Waals surface area contributed by atoms with Crippen LogP contribution in [0.15, 0.2) is 24.3 Å². The molecule has 0 bridgehead atoms. The summed E-state index contributed by atoms with van der Waals surface area (Å²) in [5.74, 6) is 0.647. The van der Waals surface area contributed by atoms with Crippen LogP contribution < -0.4 is 10.1 Å². The predicted octanol–water partition coefficient (Wildman–Crippen LogP) is 4.78. The van der Waals surface area contributed by atoms with Gasteiger partial charge in [0.1, 0.15) is 11.9 Å². The summed E-state index contributed by atoms with van der Waals surface area (Å²) in [4.78, 5) is 13.1. The molecule has 0 radical (unpaired) electrons. The number of hydrogen-bond donors (Lipinski definition) is 1. The highest BCUT2D eigenvalue weighted by atomic mass is 16.5. The topological polar surface area (TPSA) is 85.9 Å². The van der Waals surface area contributed by atoms with Crippen LogP contribution in [0.1, 0.15) is 75.1 Å². The zero-order chi connectivity index (χ0) is 20.2. The molecule has 150 valence electrons. The Morgan fingerprint density at radius 2 is 1.75 bits per heavy atom. The first kappa shape index (κ1) is 21.9. The van der Waals surface area contributed by atoms with Crippen LogP contribution in [-0.2, 0) is 0 Å². The Morgan fingerprint density at radius 3 is 2.25 bits per heavy atom. The molecule has 2 heterocycles. The van der Waals surface area contributed by atoms with Gasteiger partial charge in [0.05, 0.1) is 23.1 Å². The van der Waals surface area contributed by atoms with Gasteiger partial charge in [-0.15, -0.1) is 0 Å². The van der Waals surface area contributed by atoms with Gasteiger partial charge < -0.3 is 10.1 Å². The number of Topliss-reactive ketones (excluding diaryl/α,β-unsaturated/α-hetero) is 1. The van der Waals surface area contributed by atoms with Crippen LogP contribution in [0, 0.1) is 28.1 Å². The van der Waals surface area contributed by atoms with E-state index in [0.29, 0.717) is 37.0 Å². The van der Waals surface area contributed by atoms with Gasteiger partial charge in [0.15, 0.2) is 5.78 Å². The van der Waals surface area contributed by atoms with Crippen LogP contribution in [0.25, 0.3) is 0 Å². The molecule has 0 amide bonds. The zero-order valence-corrected chi connectivity index (χ0v) is 16.9. The molecule has 1 saturated heterocycles. The first-order chi connectivity index (χ1) is 13.7. The molecule has 1 aromatic rings.